The molecule has 1 aromatic heterocycles. The van der Waals surface area contributed by atoms with Crippen molar-refractivity contribution < 1.29 is 28.6 Å². The van der Waals surface area contributed by atoms with Crippen LogP contribution in [0.4, 0.5) is 0 Å². The van der Waals surface area contributed by atoms with Crippen LogP contribution in [-0.4, -0.2) is 54.8 Å². The summed E-state index contributed by atoms with van der Waals surface area (Å²) < 4.78 is 16.4. The molecule has 1 amide bonds. The number of furan rings is 1. The third kappa shape index (κ3) is 2.63. The van der Waals surface area contributed by atoms with E-state index in [-0.39, 0.29) is 23.3 Å². The first-order chi connectivity index (χ1) is 11.0. The number of carboxylic acids is 1. The van der Waals surface area contributed by atoms with E-state index in [1.165, 1.54) is 12.1 Å². The summed E-state index contributed by atoms with van der Waals surface area (Å²) in [4.78, 5) is 25.4. The molecule has 0 spiro atoms. The largest absolute Gasteiger partial charge is 0.487 e. The van der Waals surface area contributed by atoms with E-state index < -0.39 is 5.97 Å². The Hall–Kier alpha value is -2.54. The van der Waals surface area contributed by atoms with Crippen LogP contribution >= 0.6 is 0 Å². The molecule has 1 atom stereocenters. The number of nitrogens with zero attached hydrogens (tertiary/aromatic N) is 1. The zero-order valence-corrected chi connectivity index (χ0v) is 12.9. The third-order valence-corrected chi connectivity index (χ3v) is 3.88. The van der Waals surface area contributed by atoms with Crippen molar-refractivity contribution in [3.05, 3.63) is 29.5 Å². The van der Waals surface area contributed by atoms with Crippen molar-refractivity contribution >= 4 is 22.8 Å². The molecule has 1 N–H and O–H groups in total. The van der Waals surface area contributed by atoms with Gasteiger partial charge in [0.2, 0.25) is 5.76 Å². The van der Waals surface area contributed by atoms with Crippen LogP contribution in [0.2, 0.25) is 0 Å². The molecule has 23 heavy (non-hydrogen) atoms. The van der Waals surface area contributed by atoms with E-state index >= 15 is 0 Å². The minimum atomic E-state index is -1.05. The Labute approximate surface area is 132 Å². The highest BCUT2D eigenvalue weighted by Gasteiger charge is 2.33. The van der Waals surface area contributed by atoms with Crippen molar-refractivity contribution in [3.63, 3.8) is 0 Å². The number of aromatic carboxylic acids is 1. The molecular formula is C16H17NO6. The Morgan fingerprint density at radius 3 is 2.96 bits per heavy atom. The van der Waals surface area contributed by atoms with Crippen LogP contribution in [0.15, 0.2) is 22.6 Å². The molecular weight excluding hydrogens is 302 g/mol. The van der Waals surface area contributed by atoms with Gasteiger partial charge in [-0.15, -0.1) is 0 Å². The lowest BCUT2D eigenvalue weighted by molar-refractivity contribution is 0.0574. The quantitative estimate of drug-likeness (QED) is 0.927. The van der Waals surface area contributed by atoms with Gasteiger partial charge in [-0.1, -0.05) is 0 Å². The number of benzene rings is 1. The highest BCUT2D eigenvalue weighted by Crippen LogP contribution is 2.36. The van der Waals surface area contributed by atoms with Crippen molar-refractivity contribution in [2.24, 2.45) is 0 Å². The van der Waals surface area contributed by atoms with Crippen LogP contribution in [0, 0.1) is 0 Å². The number of amides is 1. The second-order valence-electron chi connectivity index (χ2n) is 5.43. The molecule has 0 fully saturated rings. The lowest BCUT2D eigenvalue weighted by Crippen LogP contribution is -2.41. The number of carboxylic acid groups (broad SMARTS) is 1. The molecule has 0 bridgehead atoms. The van der Waals surface area contributed by atoms with Crippen LogP contribution in [-0.2, 0) is 4.74 Å². The maximum atomic E-state index is 12.7. The van der Waals surface area contributed by atoms with E-state index in [4.69, 9.17) is 19.0 Å². The van der Waals surface area contributed by atoms with Gasteiger partial charge >= 0.3 is 5.97 Å². The number of hydrogen-bond acceptors (Lipinski definition) is 5. The van der Waals surface area contributed by atoms with Crippen molar-refractivity contribution in [2.75, 3.05) is 26.9 Å². The Bertz CT molecular complexity index is 765. The highest BCUT2D eigenvalue weighted by atomic mass is 16.5. The average Bonchev–Trinajstić information content (AvgIpc) is 2.85. The van der Waals surface area contributed by atoms with E-state index in [0.717, 1.165) is 0 Å². The van der Waals surface area contributed by atoms with Crippen molar-refractivity contribution in [1.29, 1.82) is 0 Å². The summed E-state index contributed by atoms with van der Waals surface area (Å²) in [6.07, 6.45) is 0. The van der Waals surface area contributed by atoms with E-state index in [2.05, 4.69) is 0 Å². The van der Waals surface area contributed by atoms with Gasteiger partial charge in [-0.25, -0.2) is 4.79 Å². The number of ether oxygens (including phenoxy) is 2. The van der Waals surface area contributed by atoms with E-state index in [9.17, 15) is 9.59 Å². The summed E-state index contributed by atoms with van der Waals surface area (Å²) in [5.41, 5.74) is 0.419. The predicted molar refractivity (Wildman–Crippen MR) is 81.0 cm³/mol. The standard InChI is InChI=1S/C16H17NO6/c1-9-8-22-13-11-4-3-10(16(19)20)7-12(11)23-14(13)15(18)17(9)5-6-21-2/h3-4,7,9H,5-6,8H2,1-2H3,(H,19,20). The van der Waals surface area contributed by atoms with Crippen LogP contribution in [0.25, 0.3) is 11.0 Å². The number of carbonyl (C=O) groups is 2. The molecule has 122 valence electrons. The zero-order chi connectivity index (χ0) is 16.6. The van der Waals surface area contributed by atoms with E-state index in [1.54, 1.807) is 18.1 Å². The summed E-state index contributed by atoms with van der Waals surface area (Å²) in [5, 5.41) is 9.65. The maximum absolute atomic E-state index is 12.7. The van der Waals surface area contributed by atoms with Crippen LogP contribution in [0.1, 0.15) is 27.8 Å². The lowest BCUT2D eigenvalue weighted by Gasteiger charge is -2.25. The number of carbonyl (C=O) groups excluding carboxylic acids is 1. The molecule has 1 aromatic carbocycles. The Morgan fingerprint density at radius 1 is 1.48 bits per heavy atom. The van der Waals surface area contributed by atoms with Gasteiger partial charge < -0.3 is 23.9 Å². The normalized spacial score (nSPS) is 17.7. The smallest absolute Gasteiger partial charge is 0.335 e. The fourth-order valence-corrected chi connectivity index (χ4v) is 2.63. The second-order valence-corrected chi connectivity index (χ2v) is 5.43. The molecule has 0 aliphatic carbocycles. The number of fused-ring (bicyclic) bond motifs is 3. The van der Waals surface area contributed by atoms with Gasteiger partial charge in [0, 0.05) is 13.7 Å². The van der Waals surface area contributed by atoms with Gasteiger partial charge in [-0.3, -0.25) is 4.79 Å². The second kappa shape index (κ2) is 5.92. The summed E-state index contributed by atoms with van der Waals surface area (Å²) in [6, 6.07) is 4.34. The Balaban J connectivity index is 2.05. The first-order valence-corrected chi connectivity index (χ1v) is 7.25. The van der Waals surface area contributed by atoms with Gasteiger partial charge in [-0.05, 0) is 25.1 Å². The molecule has 0 saturated carbocycles. The minimum Gasteiger partial charge on any atom is -0.487 e. The summed E-state index contributed by atoms with van der Waals surface area (Å²) in [6.45, 7) is 3.06. The van der Waals surface area contributed by atoms with Crippen molar-refractivity contribution in [2.45, 2.75) is 13.0 Å². The maximum Gasteiger partial charge on any atom is 0.335 e. The van der Waals surface area contributed by atoms with Gasteiger partial charge in [0.25, 0.3) is 5.91 Å². The number of hydrogen-bond donors (Lipinski definition) is 1. The molecule has 1 unspecified atom stereocenters. The van der Waals surface area contributed by atoms with E-state index in [1.807, 2.05) is 6.92 Å². The molecule has 7 nitrogen and oxygen atoms in total. The van der Waals surface area contributed by atoms with Gasteiger partial charge in [0.05, 0.1) is 23.6 Å². The van der Waals surface area contributed by atoms with E-state index in [0.29, 0.717) is 36.5 Å². The average molecular weight is 319 g/mol. The Kier molecular flexibility index (Phi) is 3.96. The summed E-state index contributed by atoms with van der Waals surface area (Å²) in [5.74, 6) is -0.868. The fraction of sp³-hybridized carbons (Fsp3) is 0.375. The first kappa shape index (κ1) is 15.4. The number of rotatable bonds is 4. The highest BCUT2D eigenvalue weighted by molar-refractivity contribution is 6.03. The molecule has 2 aromatic rings. The third-order valence-electron chi connectivity index (χ3n) is 3.88. The van der Waals surface area contributed by atoms with Crippen molar-refractivity contribution in [3.8, 4) is 5.75 Å². The summed E-state index contributed by atoms with van der Waals surface area (Å²) in [7, 11) is 1.57. The lowest BCUT2D eigenvalue weighted by atomic mass is 10.1. The van der Waals surface area contributed by atoms with Crippen LogP contribution in [0.3, 0.4) is 0 Å². The van der Waals surface area contributed by atoms with Crippen molar-refractivity contribution in [1.82, 2.24) is 4.90 Å². The topological polar surface area (TPSA) is 89.2 Å². The SMILES string of the molecule is COCCN1C(=O)c2oc3cc(C(=O)O)ccc3c2OCC1C. The van der Waals surface area contributed by atoms with Crippen LogP contribution in [0.5, 0.6) is 5.75 Å². The molecule has 1 aliphatic rings. The summed E-state index contributed by atoms with van der Waals surface area (Å²) >= 11 is 0. The molecule has 7 heteroatoms. The molecule has 2 heterocycles. The molecule has 1 aliphatic heterocycles. The molecule has 0 saturated heterocycles. The van der Waals surface area contributed by atoms with Gasteiger partial charge in [0.15, 0.2) is 5.75 Å². The minimum absolute atomic E-state index is 0.0958. The fourth-order valence-electron chi connectivity index (χ4n) is 2.63. The molecule has 0 radical (unpaired) electrons. The van der Waals surface area contributed by atoms with Gasteiger partial charge in [0.1, 0.15) is 12.2 Å². The molecule has 3 rings (SSSR count). The monoisotopic (exact) mass is 319 g/mol. The number of methoxy groups -OCH3 is 1. The first-order valence-electron chi connectivity index (χ1n) is 7.25. The zero-order valence-electron chi connectivity index (χ0n) is 12.9. The van der Waals surface area contributed by atoms with Crippen LogP contribution < -0.4 is 4.74 Å². The predicted octanol–water partition coefficient (Wildman–Crippen LogP) is 2.00. The Morgan fingerprint density at radius 2 is 2.26 bits per heavy atom. The van der Waals surface area contributed by atoms with Gasteiger partial charge in [-0.2, -0.15) is 0 Å².